The number of nitrogens with one attached hydrogen (secondary N) is 1. The Bertz CT molecular complexity index is 458. The van der Waals surface area contributed by atoms with Crippen molar-refractivity contribution in [1.29, 1.82) is 0 Å². The van der Waals surface area contributed by atoms with Gasteiger partial charge in [-0.15, -0.1) is 0 Å². The molecule has 2 rings (SSSR count). The number of benzene rings is 1. The highest BCUT2D eigenvalue weighted by atomic mass is 16.2. The smallest absolute Gasteiger partial charge is 0.230 e. The molecule has 1 unspecified atom stereocenters. The van der Waals surface area contributed by atoms with E-state index in [1.54, 1.807) is 0 Å². The van der Waals surface area contributed by atoms with Gasteiger partial charge in [-0.05, 0) is 30.2 Å². The van der Waals surface area contributed by atoms with Crippen molar-refractivity contribution in [2.75, 3.05) is 6.54 Å². The topological polar surface area (TPSA) is 55.1 Å². The van der Waals surface area contributed by atoms with Gasteiger partial charge in [0.15, 0.2) is 0 Å². The van der Waals surface area contributed by atoms with Gasteiger partial charge in [0.25, 0.3) is 0 Å². The molecule has 0 spiro atoms. The minimum absolute atomic E-state index is 0.0190. The summed E-state index contributed by atoms with van der Waals surface area (Å²) in [4.78, 5) is 12.4. The maximum atomic E-state index is 12.4. The number of hydrogen-bond acceptors (Lipinski definition) is 2. The van der Waals surface area contributed by atoms with Gasteiger partial charge in [0.05, 0.1) is 5.41 Å². The molecule has 0 heterocycles. The maximum Gasteiger partial charge on any atom is 0.230 e. The first-order valence-electron chi connectivity index (χ1n) is 7.43. The third-order valence-electron chi connectivity index (χ3n) is 3.91. The lowest BCUT2D eigenvalue weighted by atomic mass is 9.88. The molecule has 0 bridgehead atoms. The largest absolute Gasteiger partial charge is 0.354 e. The zero-order valence-corrected chi connectivity index (χ0v) is 12.8. The van der Waals surface area contributed by atoms with Crippen LogP contribution in [0.15, 0.2) is 30.3 Å². The fourth-order valence-corrected chi connectivity index (χ4v) is 2.78. The summed E-state index contributed by atoms with van der Waals surface area (Å²) in [5.41, 5.74) is 7.13. The summed E-state index contributed by atoms with van der Waals surface area (Å²) in [6, 6.07) is 10.1. The van der Waals surface area contributed by atoms with Gasteiger partial charge < -0.3 is 11.1 Å². The summed E-state index contributed by atoms with van der Waals surface area (Å²) in [5.74, 6) is 0.132. The molecule has 0 aliphatic heterocycles. The van der Waals surface area contributed by atoms with Gasteiger partial charge in [0.1, 0.15) is 0 Å². The molecule has 0 aromatic heterocycles. The van der Waals surface area contributed by atoms with Crippen molar-refractivity contribution in [1.82, 2.24) is 5.32 Å². The monoisotopic (exact) mass is 274 g/mol. The molecule has 1 saturated carbocycles. The molecule has 0 radical (unpaired) electrons. The molecule has 1 amide bonds. The first-order valence-corrected chi connectivity index (χ1v) is 7.43. The van der Waals surface area contributed by atoms with Crippen LogP contribution in [-0.2, 0) is 10.2 Å². The molecular weight excluding hydrogens is 248 g/mol. The van der Waals surface area contributed by atoms with Gasteiger partial charge in [0, 0.05) is 12.6 Å². The third-order valence-corrected chi connectivity index (χ3v) is 3.91. The first kappa shape index (κ1) is 15.0. The molecule has 20 heavy (non-hydrogen) atoms. The van der Waals surface area contributed by atoms with Crippen LogP contribution in [0.25, 0.3) is 0 Å². The molecule has 3 heteroatoms. The Hall–Kier alpha value is -1.35. The highest BCUT2D eigenvalue weighted by Gasteiger charge is 2.50. The zero-order valence-electron chi connectivity index (χ0n) is 12.8. The van der Waals surface area contributed by atoms with Gasteiger partial charge in [-0.3, -0.25) is 4.79 Å². The number of amides is 1. The number of carbonyl (C=O) groups excluding carboxylic acids is 1. The number of carbonyl (C=O) groups is 1. The lowest BCUT2D eigenvalue weighted by Gasteiger charge is -2.24. The molecule has 110 valence electrons. The van der Waals surface area contributed by atoms with E-state index in [9.17, 15) is 4.79 Å². The summed E-state index contributed by atoms with van der Waals surface area (Å²) in [6.07, 6.45) is 2.79. The number of rotatable bonds is 5. The van der Waals surface area contributed by atoms with Crippen LogP contribution in [0, 0.1) is 5.41 Å². The van der Waals surface area contributed by atoms with Crippen molar-refractivity contribution < 1.29 is 4.79 Å². The van der Waals surface area contributed by atoms with Crippen LogP contribution >= 0.6 is 0 Å². The van der Waals surface area contributed by atoms with Crippen LogP contribution in [0.4, 0.5) is 0 Å². The van der Waals surface area contributed by atoms with Gasteiger partial charge in [-0.2, -0.15) is 0 Å². The van der Waals surface area contributed by atoms with E-state index < -0.39 is 0 Å². The van der Waals surface area contributed by atoms with Crippen LogP contribution in [0.5, 0.6) is 0 Å². The van der Waals surface area contributed by atoms with Crippen molar-refractivity contribution in [2.24, 2.45) is 11.1 Å². The molecule has 1 aromatic rings. The second-order valence-corrected chi connectivity index (χ2v) is 7.18. The second kappa shape index (κ2) is 5.57. The van der Waals surface area contributed by atoms with Crippen LogP contribution in [0.1, 0.15) is 45.6 Å². The molecule has 0 saturated heterocycles. The first-order chi connectivity index (χ1) is 9.33. The fraction of sp³-hybridized carbons (Fsp3) is 0.588. The average molecular weight is 274 g/mol. The van der Waals surface area contributed by atoms with E-state index in [1.807, 2.05) is 30.3 Å². The van der Waals surface area contributed by atoms with Crippen molar-refractivity contribution in [3.05, 3.63) is 35.9 Å². The van der Waals surface area contributed by atoms with E-state index in [0.29, 0.717) is 6.54 Å². The van der Waals surface area contributed by atoms with E-state index in [4.69, 9.17) is 5.73 Å². The SMILES string of the molecule is CC(C)(C)CC(N)CNC(=O)C1(c2ccccc2)CC1. The Morgan fingerprint density at radius 2 is 1.90 bits per heavy atom. The van der Waals surface area contributed by atoms with Crippen LogP contribution < -0.4 is 11.1 Å². The predicted octanol–water partition coefficient (Wildman–Crippen LogP) is 2.60. The van der Waals surface area contributed by atoms with Crippen molar-refractivity contribution >= 4 is 5.91 Å². The summed E-state index contributed by atoms with van der Waals surface area (Å²) in [6.45, 7) is 7.06. The van der Waals surface area contributed by atoms with E-state index in [-0.39, 0.29) is 22.8 Å². The Kier molecular flexibility index (Phi) is 4.19. The maximum absolute atomic E-state index is 12.4. The van der Waals surface area contributed by atoms with E-state index in [1.165, 1.54) is 0 Å². The number of hydrogen-bond donors (Lipinski definition) is 2. The summed E-state index contributed by atoms with van der Waals surface area (Å²) in [5, 5.41) is 3.04. The molecule has 1 atom stereocenters. The Morgan fingerprint density at radius 3 is 2.40 bits per heavy atom. The molecule has 1 aromatic carbocycles. The molecular formula is C17H26N2O. The Balaban J connectivity index is 1.90. The van der Waals surface area contributed by atoms with E-state index >= 15 is 0 Å². The lowest BCUT2D eigenvalue weighted by molar-refractivity contribution is -0.123. The molecule has 1 fully saturated rings. The zero-order chi connectivity index (χ0) is 14.8. The lowest BCUT2D eigenvalue weighted by Crippen LogP contribution is -2.43. The molecule has 1 aliphatic carbocycles. The van der Waals surface area contributed by atoms with E-state index in [0.717, 1.165) is 24.8 Å². The van der Waals surface area contributed by atoms with Gasteiger partial charge >= 0.3 is 0 Å². The normalized spacial score (nSPS) is 18.4. The fourth-order valence-electron chi connectivity index (χ4n) is 2.78. The highest BCUT2D eigenvalue weighted by Crippen LogP contribution is 2.48. The molecule has 1 aliphatic rings. The molecule has 3 nitrogen and oxygen atoms in total. The average Bonchev–Trinajstić information content (AvgIpc) is 3.16. The van der Waals surface area contributed by atoms with Crippen molar-refractivity contribution in [3.63, 3.8) is 0 Å². The minimum atomic E-state index is -0.289. The van der Waals surface area contributed by atoms with Gasteiger partial charge in [-0.1, -0.05) is 51.1 Å². The summed E-state index contributed by atoms with van der Waals surface area (Å²) in [7, 11) is 0. The quantitative estimate of drug-likeness (QED) is 0.867. The van der Waals surface area contributed by atoms with Gasteiger partial charge in [0.2, 0.25) is 5.91 Å². The summed E-state index contributed by atoms with van der Waals surface area (Å²) < 4.78 is 0. The van der Waals surface area contributed by atoms with Crippen LogP contribution in [-0.4, -0.2) is 18.5 Å². The third kappa shape index (κ3) is 3.60. The predicted molar refractivity (Wildman–Crippen MR) is 82.4 cm³/mol. The van der Waals surface area contributed by atoms with Crippen molar-refractivity contribution in [2.45, 2.75) is 51.5 Å². The molecule has 3 N–H and O–H groups in total. The van der Waals surface area contributed by atoms with Gasteiger partial charge in [-0.25, -0.2) is 0 Å². The Labute approximate surface area is 121 Å². The van der Waals surface area contributed by atoms with Crippen molar-refractivity contribution in [3.8, 4) is 0 Å². The highest BCUT2D eigenvalue weighted by molar-refractivity contribution is 5.91. The van der Waals surface area contributed by atoms with Crippen LogP contribution in [0.3, 0.4) is 0 Å². The Morgan fingerprint density at radius 1 is 1.30 bits per heavy atom. The minimum Gasteiger partial charge on any atom is -0.354 e. The van der Waals surface area contributed by atoms with Crippen LogP contribution in [0.2, 0.25) is 0 Å². The number of nitrogens with two attached hydrogens (primary N) is 1. The van der Waals surface area contributed by atoms with E-state index in [2.05, 4.69) is 26.1 Å². The second-order valence-electron chi connectivity index (χ2n) is 7.18. The summed E-state index contributed by atoms with van der Waals surface area (Å²) >= 11 is 0. The standard InChI is InChI=1S/C17H26N2O/c1-16(2,3)11-14(18)12-19-15(20)17(9-10-17)13-7-5-4-6-8-13/h4-8,14H,9-12,18H2,1-3H3,(H,19,20).